The summed E-state index contributed by atoms with van der Waals surface area (Å²) in [7, 11) is 1.39. The van der Waals surface area contributed by atoms with Crippen molar-refractivity contribution in [3.05, 3.63) is 59.4 Å². The summed E-state index contributed by atoms with van der Waals surface area (Å²) in [6.07, 6.45) is 10.0. The van der Waals surface area contributed by atoms with Gasteiger partial charge in [0.05, 0.1) is 19.0 Å². The van der Waals surface area contributed by atoms with Crippen molar-refractivity contribution in [3.8, 4) is 5.75 Å². The van der Waals surface area contributed by atoms with Crippen molar-refractivity contribution in [2.75, 3.05) is 25.5 Å². The van der Waals surface area contributed by atoms with Crippen LogP contribution in [-0.2, 0) is 24.2 Å². The summed E-state index contributed by atoms with van der Waals surface area (Å²) in [6.45, 7) is 3.60. The van der Waals surface area contributed by atoms with Crippen LogP contribution < -0.4 is 10.1 Å². The Morgan fingerprint density at radius 2 is 1.86 bits per heavy atom. The van der Waals surface area contributed by atoms with Crippen LogP contribution in [-0.4, -0.2) is 56.5 Å². The van der Waals surface area contributed by atoms with Crippen molar-refractivity contribution in [2.24, 2.45) is 0 Å². The maximum Gasteiger partial charge on any atom is 0.244 e. The van der Waals surface area contributed by atoms with Gasteiger partial charge in [-0.2, -0.15) is 5.10 Å². The van der Waals surface area contributed by atoms with E-state index < -0.39 is 5.82 Å². The van der Waals surface area contributed by atoms with Crippen LogP contribution in [0.2, 0.25) is 0 Å². The Kier molecular flexibility index (Phi) is 7.69. The first-order chi connectivity index (χ1) is 17.0. The largest absolute Gasteiger partial charge is 0.494 e. The van der Waals surface area contributed by atoms with Gasteiger partial charge in [-0.05, 0) is 48.9 Å². The van der Waals surface area contributed by atoms with Gasteiger partial charge in [-0.25, -0.2) is 14.4 Å². The fraction of sp³-hybridized carbons (Fsp3) is 0.400. The minimum Gasteiger partial charge on any atom is -0.494 e. The smallest absolute Gasteiger partial charge is 0.244 e. The number of methoxy groups -OCH3 is 1. The molecule has 1 N–H and O–H groups in total. The van der Waals surface area contributed by atoms with Crippen molar-refractivity contribution in [1.29, 1.82) is 0 Å². The van der Waals surface area contributed by atoms with E-state index in [1.54, 1.807) is 42.5 Å². The fourth-order valence-electron chi connectivity index (χ4n) is 4.03. The Labute approximate surface area is 203 Å². The fourth-order valence-corrected chi connectivity index (χ4v) is 4.03. The molecule has 3 aromatic rings. The first-order valence-corrected chi connectivity index (χ1v) is 11.7. The molecule has 184 valence electrons. The molecular weight excluding hydrogens is 451 g/mol. The summed E-state index contributed by atoms with van der Waals surface area (Å²) in [5.41, 5.74) is 2.37. The molecule has 0 saturated carbocycles. The number of Topliss-reactive ketones (excluding diaryl/α,β-unsaturated/α-hetero) is 1. The Hall–Kier alpha value is -3.82. The molecule has 1 amide bonds. The molecule has 35 heavy (non-hydrogen) atoms. The van der Waals surface area contributed by atoms with E-state index >= 15 is 0 Å². The first-order valence-electron chi connectivity index (χ1n) is 11.7. The van der Waals surface area contributed by atoms with E-state index in [9.17, 15) is 14.0 Å². The molecule has 9 nitrogen and oxygen atoms in total. The van der Waals surface area contributed by atoms with Crippen LogP contribution in [0.15, 0.2) is 36.9 Å². The lowest BCUT2D eigenvalue weighted by Crippen LogP contribution is -2.31. The van der Waals surface area contributed by atoms with Crippen LogP contribution in [0.3, 0.4) is 0 Å². The normalized spacial score (nSPS) is 13.2. The van der Waals surface area contributed by atoms with Gasteiger partial charge in [0.2, 0.25) is 11.9 Å². The molecule has 0 bridgehead atoms. The van der Waals surface area contributed by atoms with Crippen molar-refractivity contribution >= 4 is 23.3 Å². The maximum atomic E-state index is 14.7. The van der Waals surface area contributed by atoms with E-state index in [0.29, 0.717) is 42.0 Å². The van der Waals surface area contributed by atoms with Crippen LogP contribution in [0.4, 0.5) is 16.0 Å². The van der Waals surface area contributed by atoms with E-state index in [1.165, 1.54) is 13.2 Å². The Bertz CT molecular complexity index is 1190. The second kappa shape index (κ2) is 11.1. The van der Waals surface area contributed by atoms with E-state index in [2.05, 4.69) is 20.4 Å². The van der Waals surface area contributed by atoms with Gasteiger partial charge in [-0.15, -0.1) is 0 Å². The highest BCUT2D eigenvalue weighted by molar-refractivity contribution is 5.96. The van der Waals surface area contributed by atoms with Crippen LogP contribution in [0.25, 0.3) is 0 Å². The molecule has 1 aliphatic heterocycles. The monoisotopic (exact) mass is 480 g/mol. The number of likely N-dealkylation sites (tertiary alicyclic amines) is 1. The van der Waals surface area contributed by atoms with Crippen LogP contribution in [0, 0.1) is 5.82 Å². The number of aryl methyl sites for hydroxylation is 2. The Morgan fingerprint density at radius 1 is 1.11 bits per heavy atom. The molecule has 3 heterocycles. The highest BCUT2D eigenvalue weighted by Gasteiger charge is 2.18. The number of anilines is 2. The molecule has 1 saturated heterocycles. The number of carbonyl (C=O) groups excluding carboxylic acids is 2. The van der Waals surface area contributed by atoms with E-state index in [1.807, 2.05) is 4.90 Å². The third kappa shape index (κ3) is 6.00. The quantitative estimate of drug-likeness (QED) is 0.443. The molecule has 2 aromatic heterocycles. The second-order valence-electron chi connectivity index (χ2n) is 8.48. The lowest BCUT2D eigenvalue weighted by molar-refractivity contribution is -0.130. The predicted octanol–water partition coefficient (Wildman–Crippen LogP) is 3.56. The van der Waals surface area contributed by atoms with Gasteiger partial charge >= 0.3 is 0 Å². The highest BCUT2D eigenvalue weighted by atomic mass is 19.1. The molecule has 4 rings (SSSR count). The zero-order chi connectivity index (χ0) is 24.8. The van der Waals surface area contributed by atoms with Gasteiger partial charge in [0.15, 0.2) is 17.3 Å². The lowest BCUT2D eigenvalue weighted by Gasteiger charge is -2.14. The first kappa shape index (κ1) is 24.3. The SMILES string of the molecule is CCC(=O)c1cc(CCc2cnc(Nc3cnn(CC(=O)N4CCCC4)c3)nc2)c(F)c(OC)c1. The number of nitrogens with zero attached hydrogens (tertiary/aromatic N) is 5. The van der Waals surface area contributed by atoms with Crippen LogP contribution in [0.5, 0.6) is 5.75 Å². The summed E-state index contributed by atoms with van der Waals surface area (Å²) in [4.78, 5) is 34.9. The maximum absolute atomic E-state index is 14.7. The molecule has 10 heteroatoms. The number of aromatic nitrogens is 4. The number of benzene rings is 1. The van der Waals surface area contributed by atoms with Gasteiger partial charge in [0.25, 0.3) is 0 Å². The highest BCUT2D eigenvalue weighted by Crippen LogP contribution is 2.25. The van der Waals surface area contributed by atoms with Gasteiger partial charge in [-0.1, -0.05) is 6.92 Å². The van der Waals surface area contributed by atoms with Crippen LogP contribution in [0.1, 0.15) is 47.7 Å². The number of hydrogen-bond donors (Lipinski definition) is 1. The number of hydrogen-bond acceptors (Lipinski definition) is 7. The number of halogens is 1. The Balaban J connectivity index is 1.35. The second-order valence-corrected chi connectivity index (χ2v) is 8.48. The number of ether oxygens (including phenoxy) is 1. The molecule has 1 aliphatic rings. The average Bonchev–Trinajstić information content (AvgIpc) is 3.56. The van der Waals surface area contributed by atoms with Gasteiger partial charge in [0, 0.05) is 43.7 Å². The molecule has 1 aromatic carbocycles. The lowest BCUT2D eigenvalue weighted by atomic mass is 10.00. The van der Waals surface area contributed by atoms with E-state index in [0.717, 1.165) is 31.5 Å². The van der Waals surface area contributed by atoms with Gasteiger partial charge < -0.3 is 15.0 Å². The standard InChI is InChI=1S/C25H29FN6O3/c1-3-21(33)19-10-18(24(26)22(11-19)35-2)7-6-17-12-27-25(28-13-17)30-20-14-29-32(15-20)16-23(34)31-8-4-5-9-31/h10-15H,3-9,16H2,1-2H3,(H,27,28,30). The Morgan fingerprint density at radius 3 is 2.54 bits per heavy atom. The average molecular weight is 481 g/mol. The van der Waals surface area contributed by atoms with E-state index in [4.69, 9.17) is 4.74 Å². The zero-order valence-electron chi connectivity index (χ0n) is 20.0. The summed E-state index contributed by atoms with van der Waals surface area (Å²) in [6, 6.07) is 3.03. The summed E-state index contributed by atoms with van der Waals surface area (Å²) < 4.78 is 21.4. The van der Waals surface area contributed by atoms with Crippen LogP contribution >= 0.6 is 0 Å². The van der Waals surface area contributed by atoms with Crippen molar-refractivity contribution < 1.29 is 18.7 Å². The number of carbonyl (C=O) groups is 2. The third-order valence-electron chi connectivity index (χ3n) is 6.01. The zero-order valence-corrected chi connectivity index (χ0v) is 20.0. The predicted molar refractivity (Wildman–Crippen MR) is 128 cm³/mol. The molecule has 0 spiro atoms. The minimum absolute atomic E-state index is 0.0629. The topological polar surface area (TPSA) is 102 Å². The molecule has 0 aliphatic carbocycles. The van der Waals surface area contributed by atoms with Gasteiger partial charge in [-0.3, -0.25) is 14.3 Å². The third-order valence-corrected chi connectivity index (χ3v) is 6.01. The molecule has 0 radical (unpaired) electrons. The molecular formula is C25H29FN6O3. The number of nitrogens with one attached hydrogen (secondary N) is 1. The van der Waals surface area contributed by atoms with Crippen molar-refractivity contribution in [2.45, 2.75) is 45.6 Å². The van der Waals surface area contributed by atoms with Crippen molar-refractivity contribution in [3.63, 3.8) is 0 Å². The number of amides is 1. The van der Waals surface area contributed by atoms with E-state index in [-0.39, 0.29) is 24.0 Å². The van der Waals surface area contributed by atoms with Crippen molar-refractivity contribution in [1.82, 2.24) is 24.6 Å². The van der Waals surface area contributed by atoms with Gasteiger partial charge in [0.1, 0.15) is 6.54 Å². The summed E-state index contributed by atoms with van der Waals surface area (Å²) >= 11 is 0. The molecule has 0 unspecified atom stereocenters. The number of ketones is 1. The minimum atomic E-state index is -0.459. The molecule has 1 fully saturated rings. The number of rotatable bonds is 10. The summed E-state index contributed by atoms with van der Waals surface area (Å²) in [5.74, 6) is 0.00312. The summed E-state index contributed by atoms with van der Waals surface area (Å²) in [5, 5.41) is 7.31. The molecule has 0 atom stereocenters.